The van der Waals surface area contributed by atoms with Gasteiger partial charge < -0.3 is 4.90 Å². The predicted octanol–water partition coefficient (Wildman–Crippen LogP) is 3.22. The van der Waals surface area contributed by atoms with Crippen LogP contribution in [0.4, 0.5) is 10.1 Å². The monoisotopic (exact) mass is 235 g/mol. The molecule has 0 amide bonds. The molecule has 0 N–H and O–H groups in total. The van der Waals surface area contributed by atoms with Gasteiger partial charge in [-0.2, -0.15) is 0 Å². The van der Waals surface area contributed by atoms with Gasteiger partial charge in [-0.3, -0.25) is 4.79 Å². The van der Waals surface area contributed by atoms with E-state index < -0.39 is 6.17 Å². The van der Waals surface area contributed by atoms with Gasteiger partial charge in [0.1, 0.15) is 6.17 Å². The molecule has 0 atom stereocenters. The standard InChI is InChI=1S/C14H18FNO/c1-2-14(17)11-3-5-13(6-4-11)16-9-7-12(15)8-10-16/h3-6,12H,2,7-10H2,1H3. The number of hydrogen-bond acceptors (Lipinski definition) is 2. The number of rotatable bonds is 3. The lowest BCUT2D eigenvalue weighted by Gasteiger charge is -2.30. The number of piperidine rings is 1. The molecule has 1 saturated heterocycles. The summed E-state index contributed by atoms with van der Waals surface area (Å²) in [6, 6.07) is 7.65. The average Bonchev–Trinajstić information content (AvgIpc) is 2.39. The van der Waals surface area contributed by atoms with Crippen molar-refractivity contribution < 1.29 is 9.18 Å². The Hall–Kier alpha value is -1.38. The molecule has 3 heteroatoms. The van der Waals surface area contributed by atoms with Gasteiger partial charge in [-0.05, 0) is 37.1 Å². The summed E-state index contributed by atoms with van der Waals surface area (Å²) in [6.45, 7) is 3.40. The summed E-state index contributed by atoms with van der Waals surface area (Å²) in [5, 5.41) is 0. The number of halogens is 1. The van der Waals surface area contributed by atoms with Crippen molar-refractivity contribution in [1.82, 2.24) is 0 Å². The van der Waals surface area contributed by atoms with Gasteiger partial charge in [-0.25, -0.2) is 4.39 Å². The molecule has 1 fully saturated rings. The fraction of sp³-hybridized carbons (Fsp3) is 0.500. The van der Waals surface area contributed by atoms with Gasteiger partial charge in [0.25, 0.3) is 0 Å². The summed E-state index contributed by atoms with van der Waals surface area (Å²) < 4.78 is 13.0. The van der Waals surface area contributed by atoms with Gasteiger partial charge in [0.05, 0.1) is 0 Å². The van der Waals surface area contributed by atoms with Crippen molar-refractivity contribution >= 4 is 11.5 Å². The molecule has 0 spiro atoms. The molecule has 1 aliphatic heterocycles. The van der Waals surface area contributed by atoms with Gasteiger partial charge >= 0.3 is 0 Å². The van der Waals surface area contributed by atoms with E-state index in [0.29, 0.717) is 19.3 Å². The Morgan fingerprint density at radius 2 is 1.88 bits per heavy atom. The van der Waals surface area contributed by atoms with Crippen LogP contribution in [0.3, 0.4) is 0 Å². The molecular formula is C14H18FNO. The van der Waals surface area contributed by atoms with Crippen LogP contribution in [-0.2, 0) is 0 Å². The minimum atomic E-state index is -0.646. The normalized spacial score (nSPS) is 17.2. The third-order valence-electron chi connectivity index (χ3n) is 3.30. The van der Waals surface area contributed by atoms with Crippen molar-refractivity contribution in [3.8, 4) is 0 Å². The fourth-order valence-electron chi connectivity index (χ4n) is 2.17. The van der Waals surface area contributed by atoms with E-state index >= 15 is 0 Å². The Labute approximate surface area is 101 Å². The van der Waals surface area contributed by atoms with Crippen LogP contribution in [0, 0.1) is 0 Å². The lowest BCUT2D eigenvalue weighted by molar-refractivity contribution is 0.0988. The van der Waals surface area contributed by atoms with Crippen LogP contribution in [0.5, 0.6) is 0 Å². The van der Waals surface area contributed by atoms with Crippen molar-refractivity contribution in [2.45, 2.75) is 32.4 Å². The SMILES string of the molecule is CCC(=O)c1ccc(N2CCC(F)CC2)cc1. The van der Waals surface area contributed by atoms with E-state index in [1.807, 2.05) is 31.2 Å². The largest absolute Gasteiger partial charge is 0.371 e. The molecule has 2 nitrogen and oxygen atoms in total. The molecule has 1 aliphatic rings. The van der Waals surface area contributed by atoms with Crippen LogP contribution in [0.1, 0.15) is 36.5 Å². The second-order valence-corrected chi connectivity index (χ2v) is 4.49. The maximum absolute atomic E-state index is 13.0. The molecule has 0 saturated carbocycles. The Kier molecular flexibility index (Phi) is 3.77. The molecule has 0 bridgehead atoms. The Morgan fingerprint density at radius 3 is 2.41 bits per heavy atom. The summed E-state index contributed by atoms with van der Waals surface area (Å²) >= 11 is 0. The molecule has 92 valence electrons. The fourth-order valence-corrected chi connectivity index (χ4v) is 2.17. The zero-order valence-corrected chi connectivity index (χ0v) is 10.2. The highest BCUT2D eigenvalue weighted by Crippen LogP contribution is 2.22. The van der Waals surface area contributed by atoms with Crippen molar-refractivity contribution in [2.24, 2.45) is 0 Å². The van der Waals surface area contributed by atoms with Crippen LogP contribution < -0.4 is 4.90 Å². The second kappa shape index (κ2) is 5.30. The highest BCUT2D eigenvalue weighted by molar-refractivity contribution is 5.96. The van der Waals surface area contributed by atoms with Gasteiger partial charge in [0.15, 0.2) is 5.78 Å². The number of Topliss-reactive ketones (excluding diaryl/α,β-unsaturated/α-hetero) is 1. The second-order valence-electron chi connectivity index (χ2n) is 4.49. The van der Waals surface area contributed by atoms with E-state index in [9.17, 15) is 9.18 Å². The van der Waals surface area contributed by atoms with E-state index in [0.717, 1.165) is 24.3 Å². The average molecular weight is 235 g/mol. The van der Waals surface area contributed by atoms with Crippen LogP contribution >= 0.6 is 0 Å². The van der Waals surface area contributed by atoms with E-state index in [4.69, 9.17) is 0 Å². The molecule has 0 aliphatic carbocycles. The molecule has 2 rings (SSSR count). The zero-order chi connectivity index (χ0) is 12.3. The minimum Gasteiger partial charge on any atom is -0.371 e. The number of ketones is 1. The minimum absolute atomic E-state index is 0.166. The molecular weight excluding hydrogens is 217 g/mol. The van der Waals surface area contributed by atoms with Gasteiger partial charge in [-0.1, -0.05) is 6.92 Å². The Balaban J connectivity index is 2.05. The van der Waals surface area contributed by atoms with Gasteiger partial charge in [-0.15, -0.1) is 0 Å². The highest BCUT2D eigenvalue weighted by Gasteiger charge is 2.18. The summed E-state index contributed by atoms with van der Waals surface area (Å²) in [4.78, 5) is 13.7. The molecule has 0 unspecified atom stereocenters. The first-order chi connectivity index (χ1) is 8.20. The van der Waals surface area contributed by atoms with Crippen molar-refractivity contribution in [3.63, 3.8) is 0 Å². The first-order valence-corrected chi connectivity index (χ1v) is 6.23. The topological polar surface area (TPSA) is 20.3 Å². The molecule has 0 radical (unpaired) electrons. The smallest absolute Gasteiger partial charge is 0.162 e. The van der Waals surface area contributed by atoms with Crippen LogP contribution in [0.25, 0.3) is 0 Å². The third kappa shape index (κ3) is 2.84. The molecule has 1 aromatic rings. The number of nitrogens with zero attached hydrogens (tertiary/aromatic N) is 1. The van der Waals surface area contributed by atoms with Crippen molar-refractivity contribution in [3.05, 3.63) is 29.8 Å². The number of benzene rings is 1. The van der Waals surface area contributed by atoms with E-state index in [1.165, 1.54) is 0 Å². The Morgan fingerprint density at radius 1 is 1.29 bits per heavy atom. The molecule has 0 aromatic heterocycles. The van der Waals surface area contributed by atoms with E-state index in [-0.39, 0.29) is 5.78 Å². The maximum Gasteiger partial charge on any atom is 0.162 e. The number of hydrogen-bond donors (Lipinski definition) is 0. The lowest BCUT2D eigenvalue weighted by Crippen LogP contribution is -2.34. The summed E-state index contributed by atoms with van der Waals surface area (Å²) in [7, 11) is 0. The quantitative estimate of drug-likeness (QED) is 0.750. The first kappa shape index (κ1) is 12.1. The van der Waals surface area contributed by atoms with Crippen LogP contribution in [0.15, 0.2) is 24.3 Å². The van der Waals surface area contributed by atoms with Crippen molar-refractivity contribution in [1.29, 1.82) is 0 Å². The summed E-state index contributed by atoms with van der Waals surface area (Å²) in [6.07, 6.45) is 1.10. The number of carbonyl (C=O) groups is 1. The molecule has 1 aromatic carbocycles. The van der Waals surface area contributed by atoms with E-state index in [1.54, 1.807) is 0 Å². The Bertz CT molecular complexity index is 380. The number of alkyl halides is 1. The number of anilines is 1. The number of carbonyl (C=O) groups excluding carboxylic acids is 1. The maximum atomic E-state index is 13.0. The van der Waals surface area contributed by atoms with Crippen LogP contribution in [0.2, 0.25) is 0 Å². The lowest BCUT2D eigenvalue weighted by atomic mass is 10.1. The van der Waals surface area contributed by atoms with Crippen LogP contribution in [-0.4, -0.2) is 25.0 Å². The zero-order valence-electron chi connectivity index (χ0n) is 10.2. The third-order valence-corrected chi connectivity index (χ3v) is 3.30. The summed E-state index contributed by atoms with van der Waals surface area (Å²) in [5.74, 6) is 0.166. The highest BCUT2D eigenvalue weighted by atomic mass is 19.1. The predicted molar refractivity (Wildman–Crippen MR) is 67.4 cm³/mol. The van der Waals surface area contributed by atoms with Gasteiger partial charge in [0, 0.05) is 30.8 Å². The molecule has 1 heterocycles. The van der Waals surface area contributed by atoms with E-state index in [2.05, 4.69) is 4.90 Å². The van der Waals surface area contributed by atoms with Gasteiger partial charge in [0.2, 0.25) is 0 Å². The summed E-state index contributed by atoms with van der Waals surface area (Å²) in [5.41, 5.74) is 1.85. The first-order valence-electron chi connectivity index (χ1n) is 6.23. The molecule has 17 heavy (non-hydrogen) atoms. The van der Waals surface area contributed by atoms with Crippen molar-refractivity contribution in [2.75, 3.05) is 18.0 Å².